The first-order chi connectivity index (χ1) is 14.5. The predicted octanol–water partition coefficient (Wildman–Crippen LogP) is 4.70. The number of allylic oxidation sites excluding steroid dienone is 1. The van der Waals surface area contributed by atoms with Crippen LogP contribution in [-0.2, 0) is 7.05 Å². The van der Waals surface area contributed by atoms with Gasteiger partial charge in [-0.15, -0.1) is 5.53 Å². The van der Waals surface area contributed by atoms with Gasteiger partial charge in [-0.1, -0.05) is 23.7 Å². The molecule has 1 aromatic heterocycles. The molecule has 3 N–H and O–H groups in total. The molecule has 0 saturated heterocycles. The van der Waals surface area contributed by atoms with Crippen LogP contribution in [-0.4, -0.2) is 20.8 Å². The quantitative estimate of drug-likeness (QED) is 0.573. The van der Waals surface area contributed by atoms with Crippen molar-refractivity contribution >= 4 is 23.0 Å². The van der Waals surface area contributed by atoms with E-state index < -0.39 is 0 Å². The molecule has 7 heteroatoms. The van der Waals surface area contributed by atoms with Crippen LogP contribution in [0.3, 0.4) is 0 Å². The summed E-state index contributed by atoms with van der Waals surface area (Å²) in [6.07, 6.45) is 4.91. The third-order valence-corrected chi connectivity index (χ3v) is 6.13. The summed E-state index contributed by atoms with van der Waals surface area (Å²) in [6, 6.07) is 15.1. The van der Waals surface area contributed by atoms with Crippen molar-refractivity contribution in [3.8, 4) is 11.1 Å². The summed E-state index contributed by atoms with van der Waals surface area (Å²) in [5.74, 6) is 0. The fourth-order valence-corrected chi connectivity index (χ4v) is 4.50. The lowest BCUT2D eigenvalue weighted by Crippen LogP contribution is -2.43. The van der Waals surface area contributed by atoms with E-state index in [4.69, 9.17) is 11.6 Å². The molecule has 0 fully saturated rings. The monoisotopic (exact) mass is 420 g/mol. The Labute approximate surface area is 181 Å². The zero-order valence-corrected chi connectivity index (χ0v) is 18.0. The average Bonchev–Trinajstić information content (AvgIpc) is 3.31. The van der Waals surface area contributed by atoms with Crippen LogP contribution in [0.2, 0.25) is 5.02 Å². The van der Waals surface area contributed by atoms with Gasteiger partial charge in [0.15, 0.2) is 0 Å². The van der Waals surface area contributed by atoms with Crippen LogP contribution in [0.4, 0.5) is 5.69 Å². The Morgan fingerprint density at radius 3 is 2.67 bits per heavy atom. The summed E-state index contributed by atoms with van der Waals surface area (Å²) in [5, 5.41) is 11.1. The summed E-state index contributed by atoms with van der Waals surface area (Å²) in [4.78, 5) is 0. The SMILES string of the molecule is CC1=C2c3ccc(-c4cnn(C)c4)cc3C(Nc3ccc(Cl)cc3)CC(C)N2NN1. The number of aromatic nitrogens is 2. The zero-order chi connectivity index (χ0) is 20.8. The van der Waals surface area contributed by atoms with Gasteiger partial charge in [0, 0.05) is 41.1 Å². The second-order valence-corrected chi connectivity index (χ2v) is 8.51. The van der Waals surface area contributed by atoms with E-state index >= 15 is 0 Å². The molecule has 5 rings (SSSR count). The lowest BCUT2D eigenvalue weighted by atomic mass is 9.92. The van der Waals surface area contributed by atoms with E-state index in [-0.39, 0.29) is 6.04 Å². The first-order valence-corrected chi connectivity index (χ1v) is 10.5. The summed E-state index contributed by atoms with van der Waals surface area (Å²) >= 11 is 6.09. The van der Waals surface area contributed by atoms with Crippen molar-refractivity contribution < 1.29 is 0 Å². The van der Waals surface area contributed by atoms with E-state index in [0.29, 0.717) is 6.04 Å². The molecule has 0 spiro atoms. The highest BCUT2D eigenvalue weighted by Crippen LogP contribution is 2.41. The van der Waals surface area contributed by atoms with Gasteiger partial charge in [0.25, 0.3) is 0 Å². The van der Waals surface area contributed by atoms with Crippen molar-refractivity contribution in [2.24, 2.45) is 7.05 Å². The summed E-state index contributed by atoms with van der Waals surface area (Å²) in [6.45, 7) is 4.36. The number of fused-ring (bicyclic) bond motifs is 3. The van der Waals surface area contributed by atoms with E-state index in [9.17, 15) is 0 Å². The Morgan fingerprint density at radius 2 is 1.93 bits per heavy atom. The van der Waals surface area contributed by atoms with Crippen molar-refractivity contribution in [1.82, 2.24) is 25.7 Å². The topological polar surface area (TPSA) is 57.2 Å². The second-order valence-electron chi connectivity index (χ2n) is 8.07. The van der Waals surface area contributed by atoms with Gasteiger partial charge < -0.3 is 10.7 Å². The molecule has 0 aliphatic carbocycles. The highest BCUT2D eigenvalue weighted by atomic mass is 35.5. The number of nitrogens with one attached hydrogen (secondary N) is 3. The molecule has 0 amide bonds. The minimum Gasteiger partial charge on any atom is -0.378 e. The van der Waals surface area contributed by atoms with Crippen molar-refractivity contribution in [2.75, 3.05) is 5.32 Å². The van der Waals surface area contributed by atoms with Gasteiger partial charge >= 0.3 is 0 Å². The largest absolute Gasteiger partial charge is 0.378 e. The standard InChI is InChI=1S/C23H25ClN6/c1-14-10-22(26-19-7-5-18(24)6-8-19)21-11-16(17-12-25-29(3)13-17)4-9-20(21)23-15(2)27-28-30(14)23/h4-9,11-14,22,26-28H,10H2,1-3H3. The Morgan fingerprint density at radius 1 is 1.13 bits per heavy atom. The third kappa shape index (κ3) is 3.32. The van der Waals surface area contributed by atoms with Gasteiger partial charge in [-0.05, 0) is 61.7 Å². The van der Waals surface area contributed by atoms with Gasteiger partial charge in [0.2, 0.25) is 0 Å². The molecule has 2 aliphatic heterocycles. The van der Waals surface area contributed by atoms with E-state index in [2.05, 4.69) is 64.6 Å². The number of halogens is 1. The molecule has 0 radical (unpaired) electrons. The molecule has 30 heavy (non-hydrogen) atoms. The lowest BCUT2D eigenvalue weighted by Gasteiger charge is -2.27. The van der Waals surface area contributed by atoms with Crippen molar-refractivity contribution in [2.45, 2.75) is 32.4 Å². The number of hydrazine groups is 2. The highest BCUT2D eigenvalue weighted by Gasteiger charge is 2.34. The van der Waals surface area contributed by atoms with Gasteiger partial charge in [0.05, 0.1) is 23.6 Å². The predicted molar refractivity (Wildman–Crippen MR) is 121 cm³/mol. The first-order valence-electron chi connectivity index (χ1n) is 10.2. The Hall–Kier alpha value is -2.96. The minimum atomic E-state index is 0.153. The third-order valence-electron chi connectivity index (χ3n) is 5.88. The van der Waals surface area contributed by atoms with Crippen LogP contribution in [0.5, 0.6) is 0 Å². The Kier molecular flexibility index (Phi) is 4.68. The molecule has 6 nitrogen and oxygen atoms in total. The molecule has 3 heterocycles. The van der Waals surface area contributed by atoms with E-state index in [0.717, 1.165) is 28.4 Å². The maximum absolute atomic E-state index is 6.09. The molecule has 2 atom stereocenters. The van der Waals surface area contributed by atoms with Crippen molar-refractivity contribution in [1.29, 1.82) is 0 Å². The number of hydrogen-bond acceptors (Lipinski definition) is 5. The molecule has 3 aromatic rings. The van der Waals surface area contributed by atoms with E-state index in [1.54, 1.807) is 0 Å². The minimum absolute atomic E-state index is 0.153. The number of aryl methyl sites for hydroxylation is 1. The fourth-order valence-electron chi connectivity index (χ4n) is 4.38. The molecule has 2 unspecified atom stereocenters. The molecule has 0 bridgehead atoms. The molecule has 0 saturated carbocycles. The molecule has 2 aromatic carbocycles. The number of rotatable bonds is 3. The van der Waals surface area contributed by atoms with Crippen molar-refractivity contribution in [3.05, 3.63) is 76.7 Å². The Balaban J connectivity index is 1.63. The van der Waals surface area contributed by atoms with Crippen LogP contribution in [0.25, 0.3) is 16.8 Å². The summed E-state index contributed by atoms with van der Waals surface area (Å²) < 4.78 is 1.84. The summed E-state index contributed by atoms with van der Waals surface area (Å²) in [7, 11) is 1.95. The van der Waals surface area contributed by atoms with Gasteiger partial charge in [-0.3, -0.25) is 9.69 Å². The maximum atomic E-state index is 6.09. The average molecular weight is 421 g/mol. The Bertz CT molecular complexity index is 1120. The molecular weight excluding hydrogens is 396 g/mol. The number of nitrogens with zero attached hydrogens (tertiary/aromatic N) is 3. The van der Waals surface area contributed by atoms with Crippen LogP contribution in [0.1, 0.15) is 37.4 Å². The van der Waals surface area contributed by atoms with Crippen LogP contribution < -0.4 is 16.3 Å². The molecular formula is C23H25ClN6. The number of hydrogen-bond donors (Lipinski definition) is 3. The normalized spacial score (nSPS) is 20.5. The zero-order valence-electron chi connectivity index (χ0n) is 17.3. The van der Waals surface area contributed by atoms with E-state index in [1.807, 2.05) is 42.2 Å². The van der Waals surface area contributed by atoms with Crippen LogP contribution >= 0.6 is 11.6 Å². The van der Waals surface area contributed by atoms with Gasteiger partial charge in [-0.25, -0.2) is 0 Å². The number of benzene rings is 2. The van der Waals surface area contributed by atoms with Crippen LogP contribution in [0, 0.1) is 0 Å². The maximum Gasteiger partial charge on any atom is 0.0817 e. The summed E-state index contributed by atoms with van der Waals surface area (Å²) in [5.41, 5.74) is 14.8. The highest BCUT2D eigenvalue weighted by molar-refractivity contribution is 6.30. The first kappa shape index (κ1) is 19.0. The van der Waals surface area contributed by atoms with Gasteiger partial charge in [0.1, 0.15) is 0 Å². The van der Waals surface area contributed by atoms with Crippen molar-refractivity contribution in [3.63, 3.8) is 0 Å². The fraction of sp³-hybridized carbons (Fsp3) is 0.261. The molecule has 154 valence electrons. The molecule has 2 aliphatic rings. The smallest absolute Gasteiger partial charge is 0.0817 e. The van der Waals surface area contributed by atoms with Gasteiger partial charge in [-0.2, -0.15) is 5.10 Å². The lowest BCUT2D eigenvalue weighted by molar-refractivity contribution is 0.211. The van der Waals surface area contributed by atoms with E-state index in [1.165, 1.54) is 22.4 Å². The second kappa shape index (κ2) is 7.38. The number of anilines is 1. The van der Waals surface area contributed by atoms with Crippen LogP contribution in [0.15, 0.2) is 60.6 Å².